The van der Waals surface area contributed by atoms with Gasteiger partial charge in [0.1, 0.15) is 11.6 Å². The maximum absolute atomic E-state index is 13.1. The number of anilines is 1. The van der Waals surface area contributed by atoms with Crippen molar-refractivity contribution in [2.24, 2.45) is 5.92 Å². The summed E-state index contributed by atoms with van der Waals surface area (Å²) in [6.07, 6.45) is 5.73. The highest BCUT2D eigenvalue weighted by molar-refractivity contribution is 5.95. The van der Waals surface area contributed by atoms with Crippen LogP contribution in [-0.4, -0.2) is 16.9 Å². The molecule has 0 spiro atoms. The zero-order valence-electron chi connectivity index (χ0n) is 13.2. The Kier molecular flexibility index (Phi) is 3.78. The van der Waals surface area contributed by atoms with E-state index in [4.69, 9.17) is 0 Å². The fourth-order valence-corrected chi connectivity index (χ4v) is 3.71. The maximum Gasteiger partial charge on any atom is 0.228 e. The number of carbonyl (C=O) groups is 1. The van der Waals surface area contributed by atoms with Crippen LogP contribution < -0.4 is 4.90 Å². The molecule has 1 aliphatic carbocycles. The number of aromatic nitrogens is 1. The van der Waals surface area contributed by atoms with Gasteiger partial charge in [0.2, 0.25) is 5.91 Å². The molecule has 3 nitrogen and oxygen atoms in total. The molecule has 1 aromatic heterocycles. The van der Waals surface area contributed by atoms with Crippen molar-refractivity contribution in [1.29, 1.82) is 0 Å². The molecule has 2 atom stereocenters. The van der Waals surface area contributed by atoms with E-state index in [1.54, 1.807) is 18.3 Å². The van der Waals surface area contributed by atoms with E-state index in [1.807, 2.05) is 17.0 Å². The van der Waals surface area contributed by atoms with E-state index in [-0.39, 0.29) is 11.7 Å². The Labute approximate surface area is 140 Å². The van der Waals surface area contributed by atoms with Crippen molar-refractivity contribution in [3.05, 3.63) is 59.5 Å². The Morgan fingerprint density at radius 2 is 2.00 bits per heavy atom. The average Bonchev–Trinajstić information content (AvgIpc) is 3.14. The van der Waals surface area contributed by atoms with Gasteiger partial charge in [-0.25, -0.2) is 9.37 Å². The van der Waals surface area contributed by atoms with Crippen LogP contribution in [0.4, 0.5) is 10.2 Å². The van der Waals surface area contributed by atoms with Crippen molar-refractivity contribution >= 4 is 11.7 Å². The first kappa shape index (κ1) is 14.9. The van der Waals surface area contributed by atoms with E-state index in [0.29, 0.717) is 29.8 Å². The van der Waals surface area contributed by atoms with E-state index in [9.17, 15) is 9.18 Å². The highest BCUT2D eigenvalue weighted by Gasteiger charge is 2.43. The van der Waals surface area contributed by atoms with Gasteiger partial charge >= 0.3 is 0 Å². The van der Waals surface area contributed by atoms with Crippen molar-refractivity contribution < 1.29 is 9.18 Å². The lowest BCUT2D eigenvalue weighted by atomic mass is 10.0. The number of pyridine rings is 1. The molecule has 2 heterocycles. The second-order valence-electron chi connectivity index (χ2n) is 6.39. The molecular weight excluding hydrogens is 303 g/mol. The van der Waals surface area contributed by atoms with Gasteiger partial charge in [0, 0.05) is 29.8 Å². The van der Waals surface area contributed by atoms with Crippen LogP contribution in [0.2, 0.25) is 0 Å². The van der Waals surface area contributed by atoms with Crippen LogP contribution in [0.15, 0.2) is 42.6 Å². The van der Waals surface area contributed by atoms with Gasteiger partial charge in [-0.15, -0.1) is 0 Å². The summed E-state index contributed by atoms with van der Waals surface area (Å²) in [7, 11) is 0. The molecule has 2 fully saturated rings. The van der Waals surface area contributed by atoms with E-state index in [2.05, 4.69) is 16.8 Å². The van der Waals surface area contributed by atoms with Gasteiger partial charge in [-0.1, -0.05) is 24.3 Å². The van der Waals surface area contributed by atoms with E-state index < -0.39 is 0 Å². The smallest absolute Gasteiger partial charge is 0.228 e. The molecule has 1 amide bonds. The van der Waals surface area contributed by atoms with Gasteiger partial charge in [-0.2, -0.15) is 0 Å². The van der Waals surface area contributed by atoms with Crippen LogP contribution in [-0.2, 0) is 4.79 Å². The van der Waals surface area contributed by atoms with Crippen LogP contribution in [0.1, 0.15) is 36.8 Å². The lowest BCUT2D eigenvalue weighted by Gasteiger charge is -2.22. The molecule has 1 saturated heterocycles. The molecule has 4 heteroatoms. The first-order valence-corrected chi connectivity index (χ1v) is 8.26. The highest BCUT2D eigenvalue weighted by atomic mass is 19.1. The standard InChI is InChI=1S/C20H17FN2O/c21-17-5-1-3-14(11-17)7-8-15-9-10-19(22-13-15)23-18-6-2-4-16(18)12-20(23)24/h1,3,5,9-11,13,16,18H,2,4,6,12H2/t16-,18-/m1/s1. The van der Waals surface area contributed by atoms with E-state index >= 15 is 0 Å². The molecular formula is C20H17FN2O. The van der Waals surface area contributed by atoms with Gasteiger partial charge in [-0.3, -0.25) is 9.69 Å². The summed E-state index contributed by atoms with van der Waals surface area (Å²) in [5.41, 5.74) is 1.38. The summed E-state index contributed by atoms with van der Waals surface area (Å²) in [6, 6.07) is 10.2. The highest BCUT2D eigenvalue weighted by Crippen LogP contribution is 2.40. The predicted octanol–water partition coefficient (Wildman–Crippen LogP) is 3.53. The minimum atomic E-state index is -0.297. The molecule has 1 aromatic carbocycles. The van der Waals surface area contributed by atoms with Gasteiger partial charge < -0.3 is 0 Å². The van der Waals surface area contributed by atoms with Crippen LogP contribution in [0.25, 0.3) is 0 Å². The van der Waals surface area contributed by atoms with Crippen molar-refractivity contribution in [2.75, 3.05) is 4.90 Å². The van der Waals surface area contributed by atoms with Crippen molar-refractivity contribution in [3.8, 4) is 11.8 Å². The summed E-state index contributed by atoms with van der Waals surface area (Å²) in [4.78, 5) is 18.5. The molecule has 2 aromatic rings. The van der Waals surface area contributed by atoms with E-state index in [0.717, 1.165) is 18.4 Å². The van der Waals surface area contributed by atoms with Crippen molar-refractivity contribution in [1.82, 2.24) is 4.98 Å². The Hall–Kier alpha value is -2.67. The van der Waals surface area contributed by atoms with Gasteiger partial charge in [0.15, 0.2) is 0 Å². The quantitative estimate of drug-likeness (QED) is 0.753. The number of rotatable bonds is 1. The van der Waals surface area contributed by atoms with Crippen molar-refractivity contribution in [3.63, 3.8) is 0 Å². The zero-order chi connectivity index (χ0) is 16.5. The third-order valence-electron chi connectivity index (χ3n) is 4.83. The second-order valence-corrected chi connectivity index (χ2v) is 6.39. The largest absolute Gasteiger partial charge is 0.293 e. The second kappa shape index (κ2) is 6.09. The predicted molar refractivity (Wildman–Crippen MR) is 89.8 cm³/mol. The van der Waals surface area contributed by atoms with Crippen LogP contribution >= 0.6 is 0 Å². The number of fused-ring (bicyclic) bond motifs is 1. The lowest BCUT2D eigenvalue weighted by Crippen LogP contribution is -2.33. The summed E-state index contributed by atoms with van der Waals surface area (Å²) >= 11 is 0. The summed E-state index contributed by atoms with van der Waals surface area (Å²) in [5, 5.41) is 0. The van der Waals surface area contributed by atoms with Crippen molar-refractivity contribution in [2.45, 2.75) is 31.7 Å². The van der Waals surface area contributed by atoms with E-state index in [1.165, 1.54) is 18.6 Å². The van der Waals surface area contributed by atoms with Gasteiger partial charge in [-0.05, 0) is 49.1 Å². The number of benzene rings is 1. The minimum Gasteiger partial charge on any atom is -0.293 e. The molecule has 0 radical (unpaired) electrons. The van der Waals surface area contributed by atoms with Crippen LogP contribution in [0.5, 0.6) is 0 Å². The SMILES string of the molecule is O=C1C[C@H]2CCC[C@H]2N1c1ccc(C#Cc2cccc(F)c2)cn1. The third kappa shape index (κ3) is 2.78. The molecule has 0 unspecified atom stereocenters. The number of halogens is 1. The molecule has 24 heavy (non-hydrogen) atoms. The molecule has 0 bridgehead atoms. The van der Waals surface area contributed by atoms with Gasteiger partial charge in [0.25, 0.3) is 0 Å². The number of amides is 1. The Balaban J connectivity index is 1.54. The fraction of sp³-hybridized carbons (Fsp3) is 0.300. The molecule has 120 valence electrons. The Morgan fingerprint density at radius 3 is 2.79 bits per heavy atom. The minimum absolute atomic E-state index is 0.177. The first-order chi connectivity index (χ1) is 11.7. The topological polar surface area (TPSA) is 33.2 Å². The normalized spacial score (nSPS) is 22.2. The number of nitrogens with zero attached hydrogens (tertiary/aromatic N) is 2. The Morgan fingerprint density at radius 1 is 1.12 bits per heavy atom. The molecule has 1 saturated carbocycles. The fourth-order valence-electron chi connectivity index (χ4n) is 3.71. The third-order valence-corrected chi connectivity index (χ3v) is 4.83. The number of carbonyl (C=O) groups excluding carboxylic acids is 1. The molecule has 0 N–H and O–H groups in total. The zero-order valence-corrected chi connectivity index (χ0v) is 13.2. The molecule has 1 aliphatic heterocycles. The van der Waals surface area contributed by atoms with Crippen LogP contribution in [0.3, 0.4) is 0 Å². The molecule has 2 aliphatic rings. The summed E-state index contributed by atoms with van der Waals surface area (Å²) in [5.74, 6) is 6.99. The average molecular weight is 320 g/mol. The van der Waals surface area contributed by atoms with Crippen LogP contribution in [0, 0.1) is 23.6 Å². The summed E-state index contributed by atoms with van der Waals surface area (Å²) < 4.78 is 13.1. The number of hydrogen-bond donors (Lipinski definition) is 0. The lowest BCUT2D eigenvalue weighted by molar-refractivity contribution is -0.117. The molecule has 4 rings (SSSR count). The first-order valence-electron chi connectivity index (χ1n) is 8.26. The maximum atomic E-state index is 13.1. The Bertz CT molecular complexity index is 835. The number of hydrogen-bond acceptors (Lipinski definition) is 2. The van der Waals surface area contributed by atoms with Gasteiger partial charge in [0.05, 0.1) is 0 Å². The summed E-state index contributed by atoms with van der Waals surface area (Å²) in [6.45, 7) is 0. The monoisotopic (exact) mass is 320 g/mol.